The molecule has 0 saturated carbocycles. The molecule has 0 N–H and O–H groups in total. The van der Waals surface area contributed by atoms with E-state index in [0.29, 0.717) is 6.42 Å². The number of carbonyl (C=O) groups is 1. The van der Waals surface area contributed by atoms with E-state index >= 15 is 0 Å². The number of carbonyl (C=O) groups excluding carboxylic acids is 1. The topological polar surface area (TPSA) is 57.7 Å². The zero-order valence-electron chi connectivity index (χ0n) is 14.9. The summed E-state index contributed by atoms with van der Waals surface area (Å²) >= 11 is 12.0. The molecule has 1 aliphatic heterocycles. The third kappa shape index (κ3) is 5.31. The van der Waals surface area contributed by atoms with E-state index in [1.165, 1.54) is 21.3 Å². The van der Waals surface area contributed by atoms with Gasteiger partial charge in [-0.3, -0.25) is 4.79 Å². The van der Waals surface area contributed by atoms with Crippen molar-refractivity contribution >= 4 is 39.1 Å². The quantitative estimate of drug-likeness (QED) is 0.643. The molecule has 1 aromatic rings. The van der Waals surface area contributed by atoms with Gasteiger partial charge in [0.25, 0.3) is 6.43 Å². The number of halogens is 4. The summed E-state index contributed by atoms with van der Waals surface area (Å²) in [6.07, 6.45) is -1.48. The van der Waals surface area contributed by atoms with Gasteiger partial charge in [-0.05, 0) is 31.4 Å². The lowest BCUT2D eigenvalue weighted by Crippen LogP contribution is -2.45. The number of amides is 1. The molecule has 1 aromatic carbocycles. The molecule has 0 radical (unpaired) electrons. The molecule has 2 rings (SSSR count). The molecule has 10 heteroatoms. The highest BCUT2D eigenvalue weighted by atomic mass is 35.5. The van der Waals surface area contributed by atoms with Gasteiger partial charge in [0.05, 0.1) is 16.6 Å². The molecule has 0 spiro atoms. The van der Waals surface area contributed by atoms with E-state index in [4.69, 9.17) is 23.2 Å². The summed E-state index contributed by atoms with van der Waals surface area (Å²) in [4.78, 5) is 13.6. The molecule has 27 heavy (non-hydrogen) atoms. The molecule has 0 aromatic heterocycles. The number of piperidine rings is 1. The van der Waals surface area contributed by atoms with Gasteiger partial charge in [-0.1, -0.05) is 36.2 Å². The van der Waals surface area contributed by atoms with Crippen LogP contribution in [-0.4, -0.2) is 56.1 Å². The number of alkyl halides is 2. The Kier molecular flexibility index (Phi) is 7.85. The molecule has 5 nitrogen and oxygen atoms in total. The fourth-order valence-electron chi connectivity index (χ4n) is 3.19. The Labute approximate surface area is 168 Å². The van der Waals surface area contributed by atoms with E-state index in [2.05, 4.69) is 0 Å². The third-order valence-corrected chi connectivity index (χ3v) is 7.34. The zero-order valence-corrected chi connectivity index (χ0v) is 17.2. The summed E-state index contributed by atoms with van der Waals surface area (Å²) in [6.45, 7) is 1.69. The fraction of sp³-hybridized carbons (Fsp3) is 0.588. The predicted octanol–water partition coefficient (Wildman–Crippen LogP) is 3.90. The third-order valence-electron chi connectivity index (χ3n) is 4.48. The largest absolute Gasteiger partial charge is 0.337 e. The molecule has 1 aliphatic rings. The molecule has 0 aliphatic carbocycles. The average molecular weight is 443 g/mol. The first-order valence-corrected chi connectivity index (χ1v) is 10.9. The highest BCUT2D eigenvalue weighted by Crippen LogP contribution is 2.33. The average Bonchev–Trinajstić information content (AvgIpc) is 2.60. The molecule has 0 bridgehead atoms. The van der Waals surface area contributed by atoms with Gasteiger partial charge in [-0.15, -0.1) is 0 Å². The van der Waals surface area contributed by atoms with E-state index in [-0.39, 0.29) is 53.3 Å². The minimum absolute atomic E-state index is 0.0340. The smallest absolute Gasteiger partial charge is 0.255 e. The van der Waals surface area contributed by atoms with Gasteiger partial charge in [-0.25, -0.2) is 17.2 Å². The van der Waals surface area contributed by atoms with Gasteiger partial charge in [0.1, 0.15) is 4.90 Å². The maximum Gasteiger partial charge on any atom is 0.255 e. The van der Waals surface area contributed by atoms with Gasteiger partial charge in [0, 0.05) is 25.6 Å². The molecular formula is C17H22Cl2F2N2O3S. The lowest BCUT2D eigenvalue weighted by atomic mass is 9.96. The minimum Gasteiger partial charge on any atom is -0.337 e. The number of rotatable bonds is 7. The molecule has 152 valence electrons. The van der Waals surface area contributed by atoms with Crippen molar-refractivity contribution in [3.05, 3.63) is 28.2 Å². The van der Waals surface area contributed by atoms with E-state index in [0.717, 1.165) is 0 Å². The highest BCUT2D eigenvalue weighted by molar-refractivity contribution is 7.89. The first kappa shape index (κ1) is 22.3. The Morgan fingerprint density at radius 3 is 2.30 bits per heavy atom. The zero-order chi connectivity index (χ0) is 20.2. The van der Waals surface area contributed by atoms with Crippen LogP contribution in [0, 0.1) is 5.92 Å². The second-order valence-corrected chi connectivity index (χ2v) is 9.09. The second-order valence-electron chi connectivity index (χ2n) is 6.40. The van der Waals surface area contributed by atoms with Crippen LogP contribution < -0.4 is 0 Å². The summed E-state index contributed by atoms with van der Waals surface area (Å²) in [5.74, 6) is -0.812. The monoisotopic (exact) mass is 442 g/mol. The Balaban J connectivity index is 2.09. The molecule has 0 unspecified atom stereocenters. The van der Waals surface area contributed by atoms with Crippen LogP contribution in [-0.2, 0) is 14.8 Å². The summed E-state index contributed by atoms with van der Waals surface area (Å²) in [6, 6.07) is 4.45. The normalized spacial score (nSPS) is 16.7. The summed E-state index contributed by atoms with van der Waals surface area (Å²) in [7, 11) is -3.90. The Morgan fingerprint density at radius 1 is 1.26 bits per heavy atom. The van der Waals surface area contributed by atoms with Crippen molar-refractivity contribution in [2.45, 2.75) is 37.5 Å². The number of hydrogen-bond donors (Lipinski definition) is 0. The number of hydrogen-bond acceptors (Lipinski definition) is 3. The van der Waals surface area contributed by atoms with E-state index in [1.54, 1.807) is 6.07 Å². The maximum absolute atomic E-state index is 12.8. The van der Waals surface area contributed by atoms with Crippen LogP contribution in [0.1, 0.15) is 26.2 Å². The van der Waals surface area contributed by atoms with E-state index < -0.39 is 28.9 Å². The summed E-state index contributed by atoms with van der Waals surface area (Å²) < 4.78 is 52.4. The molecular weight excluding hydrogens is 421 g/mol. The second kappa shape index (κ2) is 9.49. The lowest BCUT2D eigenvalue weighted by Gasteiger charge is -2.33. The van der Waals surface area contributed by atoms with Gasteiger partial charge in [-0.2, -0.15) is 4.31 Å². The van der Waals surface area contributed by atoms with Gasteiger partial charge in [0.15, 0.2) is 0 Å². The van der Waals surface area contributed by atoms with Crippen LogP contribution in [0.3, 0.4) is 0 Å². The van der Waals surface area contributed by atoms with E-state index in [1.807, 2.05) is 6.92 Å². The lowest BCUT2D eigenvalue weighted by molar-refractivity contribution is -0.138. The Bertz CT molecular complexity index is 749. The maximum atomic E-state index is 12.8. The van der Waals surface area contributed by atoms with Crippen molar-refractivity contribution in [1.29, 1.82) is 0 Å². The van der Waals surface area contributed by atoms with Crippen LogP contribution in [0.2, 0.25) is 10.0 Å². The predicted molar refractivity (Wildman–Crippen MR) is 101 cm³/mol. The van der Waals surface area contributed by atoms with Crippen LogP contribution in [0.25, 0.3) is 0 Å². The Morgan fingerprint density at radius 2 is 1.81 bits per heavy atom. The molecule has 1 amide bonds. The van der Waals surface area contributed by atoms with Gasteiger partial charge < -0.3 is 4.90 Å². The van der Waals surface area contributed by atoms with Crippen LogP contribution >= 0.6 is 23.2 Å². The number of benzene rings is 1. The van der Waals surface area contributed by atoms with Gasteiger partial charge >= 0.3 is 0 Å². The van der Waals surface area contributed by atoms with Crippen LogP contribution in [0.15, 0.2) is 23.1 Å². The Hall–Kier alpha value is -0.960. The van der Waals surface area contributed by atoms with Crippen molar-refractivity contribution in [3.8, 4) is 0 Å². The highest BCUT2D eigenvalue weighted by Gasteiger charge is 2.35. The minimum atomic E-state index is -3.90. The van der Waals surface area contributed by atoms with Crippen molar-refractivity contribution in [1.82, 2.24) is 9.21 Å². The SMILES string of the molecule is CCCN(CC(F)F)C(=O)C1CCN(S(=O)(=O)c2c(Cl)cccc2Cl)CC1. The molecule has 1 fully saturated rings. The van der Waals surface area contributed by atoms with Crippen molar-refractivity contribution < 1.29 is 22.0 Å². The number of nitrogens with zero attached hydrogens (tertiary/aromatic N) is 2. The molecule has 0 atom stereocenters. The first-order valence-electron chi connectivity index (χ1n) is 8.69. The standard InChI is InChI=1S/C17H22Cl2F2N2O3S/c1-2-8-22(11-15(20)21)17(24)12-6-9-23(10-7-12)27(25,26)16-13(18)4-3-5-14(16)19/h3-5,12,15H,2,6-11H2,1H3. The van der Waals surface area contributed by atoms with Crippen molar-refractivity contribution in [3.63, 3.8) is 0 Å². The van der Waals surface area contributed by atoms with Crippen LogP contribution in [0.4, 0.5) is 8.78 Å². The van der Waals surface area contributed by atoms with E-state index in [9.17, 15) is 22.0 Å². The molecule has 1 heterocycles. The summed E-state index contributed by atoms with van der Waals surface area (Å²) in [5.41, 5.74) is 0. The summed E-state index contributed by atoms with van der Waals surface area (Å²) in [5, 5.41) is 0.0681. The van der Waals surface area contributed by atoms with Gasteiger partial charge in [0.2, 0.25) is 15.9 Å². The fourth-order valence-corrected chi connectivity index (χ4v) is 5.75. The van der Waals surface area contributed by atoms with Crippen LogP contribution in [0.5, 0.6) is 0 Å². The van der Waals surface area contributed by atoms with Crippen molar-refractivity contribution in [2.75, 3.05) is 26.2 Å². The number of sulfonamides is 1. The van der Waals surface area contributed by atoms with Crippen molar-refractivity contribution in [2.24, 2.45) is 5.92 Å². The first-order chi connectivity index (χ1) is 12.7. The molecule has 1 saturated heterocycles.